The molecule has 150 valence electrons. The van der Waals surface area contributed by atoms with Gasteiger partial charge in [0.15, 0.2) is 0 Å². The Morgan fingerprint density at radius 3 is 2.29 bits per heavy atom. The van der Waals surface area contributed by atoms with Gasteiger partial charge in [-0.2, -0.15) is 0 Å². The Morgan fingerprint density at radius 2 is 1.68 bits per heavy atom. The van der Waals surface area contributed by atoms with Crippen molar-refractivity contribution in [2.45, 2.75) is 24.7 Å². The van der Waals surface area contributed by atoms with Crippen molar-refractivity contribution in [2.75, 3.05) is 18.5 Å². The van der Waals surface area contributed by atoms with Gasteiger partial charge < -0.3 is 10.1 Å². The molecule has 0 heterocycles. The largest absolute Gasteiger partial charge is 0.462 e. The van der Waals surface area contributed by atoms with Crippen LogP contribution in [-0.4, -0.2) is 33.4 Å². The molecule has 0 spiro atoms. The third-order valence-electron chi connectivity index (χ3n) is 3.68. The van der Waals surface area contributed by atoms with Crippen LogP contribution in [0.5, 0.6) is 0 Å². The van der Waals surface area contributed by atoms with Gasteiger partial charge in [0, 0.05) is 18.7 Å². The van der Waals surface area contributed by atoms with Gasteiger partial charge in [0.1, 0.15) is 5.82 Å². The maximum Gasteiger partial charge on any atom is 0.338 e. The lowest BCUT2D eigenvalue weighted by molar-refractivity contribution is -0.116. The molecule has 0 saturated carbocycles. The van der Waals surface area contributed by atoms with E-state index in [0.29, 0.717) is 11.3 Å². The topological polar surface area (TPSA) is 102 Å². The van der Waals surface area contributed by atoms with E-state index in [1.165, 1.54) is 12.1 Å². The molecular weight excluding hydrogens is 387 g/mol. The minimum absolute atomic E-state index is 0.0416. The van der Waals surface area contributed by atoms with Crippen LogP contribution in [0, 0.1) is 5.82 Å². The highest BCUT2D eigenvalue weighted by atomic mass is 32.2. The van der Waals surface area contributed by atoms with Crippen LogP contribution in [0.1, 0.15) is 30.1 Å². The number of anilines is 1. The maximum absolute atomic E-state index is 12.9. The maximum atomic E-state index is 12.9. The first-order valence-corrected chi connectivity index (χ1v) is 10.1. The summed E-state index contributed by atoms with van der Waals surface area (Å²) in [4.78, 5) is 23.5. The second kappa shape index (κ2) is 9.95. The standard InChI is InChI=1S/C19H21FN2O5S/c1-2-27-19(24)14-5-9-16(10-6-14)22-18(23)4-3-13-21-28(25,26)17-11-7-15(20)8-12-17/h5-12,21H,2-4,13H2,1H3,(H,22,23). The monoisotopic (exact) mass is 408 g/mol. The van der Waals surface area contributed by atoms with Crippen molar-refractivity contribution in [3.05, 3.63) is 59.9 Å². The van der Waals surface area contributed by atoms with Gasteiger partial charge >= 0.3 is 5.97 Å². The summed E-state index contributed by atoms with van der Waals surface area (Å²) in [6.45, 7) is 2.06. The molecular formula is C19H21FN2O5S. The van der Waals surface area contributed by atoms with Crippen LogP contribution in [0.25, 0.3) is 0 Å². The molecule has 0 aromatic heterocycles. The fourth-order valence-corrected chi connectivity index (χ4v) is 3.35. The molecule has 0 fully saturated rings. The second-order valence-corrected chi connectivity index (χ2v) is 7.57. The van der Waals surface area contributed by atoms with Gasteiger partial charge in [-0.15, -0.1) is 0 Å². The number of sulfonamides is 1. The average molecular weight is 408 g/mol. The Balaban J connectivity index is 1.76. The lowest BCUT2D eigenvalue weighted by atomic mass is 10.2. The second-order valence-electron chi connectivity index (χ2n) is 5.80. The molecule has 2 N–H and O–H groups in total. The van der Waals surface area contributed by atoms with Gasteiger partial charge in [0.25, 0.3) is 0 Å². The van der Waals surface area contributed by atoms with Crippen molar-refractivity contribution < 1.29 is 27.1 Å². The molecule has 0 aliphatic carbocycles. The van der Waals surface area contributed by atoms with Crippen LogP contribution >= 0.6 is 0 Å². The normalized spacial score (nSPS) is 11.1. The van der Waals surface area contributed by atoms with Crippen LogP contribution in [-0.2, 0) is 19.6 Å². The van der Waals surface area contributed by atoms with Crippen molar-refractivity contribution in [3.63, 3.8) is 0 Å². The summed E-state index contributed by atoms with van der Waals surface area (Å²) < 4.78 is 44.2. The Hall–Kier alpha value is -2.78. The Bertz CT molecular complexity index is 912. The fraction of sp³-hybridized carbons (Fsp3) is 0.263. The zero-order chi connectivity index (χ0) is 20.6. The van der Waals surface area contributed by atoms with Gasteiger partial charge in [-0.1, -0.05) is 0 Å². The molecule has 1 amide bonds. The van der Waals surface area contributed by atoms with E-state index in [2.05, 4.69) is 10.0 Å². The lowest BCUT2D eigenvalue weighted by Crippen LogP contribution is -2.25. The smallest absolute Gasteiger partial charge is 0.338 e. The van der Waals surface area contributed by atoms with E-state index in [0.717, 1.165) is 12.1 Å². The molecule has 0 bridgehead atoms. The summed E-state index contributed by atoms with van der Waals surface area (Å²) in [5, 5.41) is 2.67. The first-order valence-electron chi connectivity index (χ1n) is 8.64. The first kappa shape index (κ1) is 21.5. The van der Waals surface area contributed by atoms with Gasteiger partial charge in [0.2, 0.25) is 15.9 Å². The number of amides is 1. The number of halogens is 1. The predicted molar refractivity (Wildman–Crippen MR) is 102 cm³/mol. The fourth-order valence-electron chi connectivity index (χ4n) is 2.28. The summed E-state index contributed by atoms with van der Waals surface area (Å²) >= 11 is 0. The molecule has 2 aromatic rings. The van der Waals surface area contributed by atoms with Crippen LogP contribution in [0.3, 0.4) is 0 Å². The number of carbonyl (C=O) groups excluding carboxylic acids is 2. The zero-order valence-electron chi connectivity index (χ0n) is 15.3. The molecule has 0 aliphatic heterocycles. The molecule has 0 aliphatic rings. The number of hydrogen-bond acceptors (Lipinski definition) is 5. The van der Waals surface area contributed by atoms with E-state index in [1.807, 2.05) is 0 Å². The molecule has 9 heteroatoms. The van der Waals surface area contributed by atoms with E-state index >= 15 is 0 Å². The van der Waals surface area contributed by atoms with Crippen molar-refractivity contribution in [2.24, 2.45) is 0 Å². The van der Waals surface area contributed by atoms with E-state index in [4.69, 9.17) is 4.74 Å². The van der Waals surface area contributed by atoms with Gasteiger partial charge in [0.05, 0.1) is 17.1 Å². The Kier molecular flexibility index (Phi) is 7.65. The van der Waals surface area contributed by atoms with Crippen molar-refractivity contribution in [3.8, 4) is 0 Å². The third kappa shape index (κ3) is 6.43. The van der Waals surface area contributed by atoms with Crippen molar-refractivity contribution in [1.29, 1.82) is 0 Å². The highest BCUT2D eigenvalue weighted by Crippen LogP contribution is 2.12. The Morgan fingerprint density at radius 1 is 1.04 bits per heavy atom. The minimum atomic E-state index is -3.74. The van der Waals surface area contributed by atoms with Gasteiger partial charge in [-0.3, -0.25) is 4.79 Å². The molecule has 0 saturated heterocycles. The van der Waals surface area contributed by atoms with E-state index in [1.54, 1.807) is 31.2 Å². The summed E-state index contributed by atoms with van der Waals surface area (Å²) in [6, 6.07) is 10.7. The molecule has 2 rings (SSSR count). The third-order valence-corrected chi connectivity index (χ3v) is 5.15. The quantitative estimate of drug-likeness (QED) is 0.491. The summed E-state index contributed by atoms with van der Waals surface area (Å²) in [7, 11) is -3.74. The number of esters is 1. The van der Waals surface area contributed by atoms with Crippen molar-refractivity contribution >= 4 is 27.6 Å². The summed E-state index contributed by atoms with van der Waals surface area (Å²) in [6.07, 6.45) is 0.388. The van der Waals surface area contributed by atoms with Gasteiger partial charge in [-0.05, 0) is 61.9 Å². The van der Waals surface area contributed by atoms with E-state index in [9.17, 15) is 22.4 Å². The average Bonchev–Trinajstić information content (AvgIpc) is 2.66. The molecule has 2 aromatic carbocycles. The van der Waals surface area contributed by atoms with Gasteiger partial charge in [-0.25, -0.2) is 22.3 Å². The first-order chi connectivity index (χ1) is 13.3. The molecule has 7 nitrogen and oxygen atoms in total. The highest BCUT2D eigenvalue weighted by molar-refractivity contribution is 7.89. The number of rotatable bonds is 9. The number of benzene rings is 2. The van der Waals surface area contributed by atoms with Crippen LogP contribution in [0.4, 0.5) is 10.1 Å². The molecule has 0 unspecified atom stereocenters. The minimum Gasteiger partial charge on any atom is -0.462 e. The highest BCUT2D eigenvalue weighted by Gasteiger charge is 2.13. The van der Waals surface area contributed by atoms with Crippen LogP contribution in [0.15, 0.2) is 53.4 Å². The zero-order valence-corrected chi connectivity index (χ0v) is 16.1. The number of carbonyl (C=O) groups is 2. The van der Waals surface area contributed by atoms with E-state index < -0.39 is 21.8 Å². The number of nitrogens with one attached hydrogen (secondary N) is 2. The lowest BCUT2D eigenvalue weighted by Gasteiger charge is -2.08. The van der Waals surface area contributed by atoms with E-state index in [-0.39, 0.29) is 36.8 Å². The number of ether oxygens (including phenoxy) is 1. The predicted octanol–water partition coefficient (Wildman–Crippen LogP) is 2.70. The summed E-state index contributed by atoms with van der Waals surface area (Å²) in [5.41, 5.74) is 0.903. The van der Waals surface area contributed by atoms with Crippen molar-refractivity contribution in [1.82, 2.24) is 4.72 Å². The van der Waals surface area contributed by atoms with Crippen LogP contribution < -0.4 is 10.0 Å². The SMILES string of the molecule is CCOC(=O)c1ccc(NC(=O)CCCNS(=O)(=O)c2ccc(F)cc2)cc1. The number of hydrogen-bond donors (Lipinski definition) is 2. The Labute approximate surface area is 163 Å². The molecule has 0 atom stereocenters. The summed E-state index contributed by atoms with van der Waals surface area (Å²) in [5.74, 6) is -1.25. The molecule has 0 radical (unpaired) electrons. The van der Waals surface area contributed by atoms with Crippen LogP contribution in [0.2, 0.25) is 0 Å². The molecule has 28 heavy (non-hydrogen) atoms.